The zero-order valence-electron chi connectivity index (χ0n) is 14.7. The van der Waals surface area contributed by atoms with Gasteiger partial charge in [-0.05, 0) is 30.3 Å². The second-order valence-electron chi connectivity index (χ2n) is 6.07. The number of halogens is 2. The summed E-state index contributed by atoms with van der Waals surface area (Å²) >= 11 is 2.02. The van der Waals surface area contributed by atoms with Gasteiger partial charge in [0.2, 0.25) is 0 Å². The van der Waals surface area contributed by atoms with Gasteiger partial charge in [-0.15, -0.1) is 0 Å². The Kier molecular flexibility index (Phi) is 5.79. The first-order valence-corrected chi connectivity index (χ1v) is 10.5. The maximum absolute atomic E-state index is 12.4. The van der Waals surface area contributed by atoms with E-state index in [4.69, 9.17) is 9.15 Å². The van der Waals surface area contributed by atoms with E-state index in [2.05, 4.69) is 15.2 Å². The van der Waals surface area contributed by atoms with Crippen molar-refractivity contribution in [2.45, 2.75) is 11.5 Å². The number of carbonyl (C=O) groups excluding carboxylic acids is 1. The molecule has 148 valence electrons. The zero-order valence-corrected chi connectivity index (χ0v) is 16.3. The van der Waals surface area contributed by atoms with Crippen LogP contribution in [0.25, 0.3) is 10.2 Å². The van der Waals surface area contributed by atoms with Gasteiger partial charge >= 0.3 is 0 Å². The van der Waals surface area contributed by atoms with E-state index in [1.54, 1.807) is 17.4 Å². The van der Waals surface area contributed by atoms with Crippen molar-refractivity contribution in [2.24, 2.45) is 0 Å². The van der Waals surface area contributed by atoms with E-state index < -0.39 is 11.7 Å². The molecule has 1 aromatic carbocycles. The summed E-state index contributed by atoms with van der Waals surface area (Å²) < 4.78 is 36.2. The lowest BCUT2D eigenvalue weighted by Gasteiger charge is -2.25. The summed E-state index contributed by atoms with van der Waals surface area (Å²) in [6.45, 7) is 3.01. The molecule has 0 saturated carbocycles. The molecule has 4 rings (SSSR count). The number of morpholine rings is 1. The molecule has 0 aliphatic carbocycles. The SMILES string of the molecule is O=C(Nc1ccc2nc(N3CCOCC3)sc2c1)c1ccc(CSC(F)F)o1. The van der Waals surface area contributed by atoms with Gasteiger partial charge in [0.25, 0.3) is 11.7 Å². The minimum Gasteiger partial charge on any atom is -0.455 e. The number of thioether (sulfide) groups is 1. The first-order chi connectivity index (χ1) is 13.6. The van der Waals surface area contributed by atoms with Crippen LogP contribution >= 0.6 is 23.1 Å². The number of hydrogen-bond acceptors (Lipinski definition) is 7. The van der Waals surface area contributed by atoms with Crippen LogP contribution in [0.3, 0.4) is 0 Å². The Morgan fingerprint density at radius 3 is 2.89 bits per heavy atom. The number of nitrogens with one attached hydrogen (secondary N) is 1. The van der Waals surface area contributed by atoms with E-state index in [1.807, 2.05) is 12.1 Å². The van der Waals surface area contributed by atoms with Crippen molar-refractivity contribution in [1.29, 1.82) is 0 Å². The van der Waals surface area contributed by atoms with E-state index in [1.165, 1.54) is 12.1 Å². The second-order valence-corrected chi connectivity index (χ2v) is 8.06. The third-order valence-electron chi connectivity index (χ3n) is 4.15. The number of thiazole rings is 1. The fourth-order valence-electron chi connectivity index (χ4n) is 2.80. The predicted molar refractivity (Wildman–Crippen MR) is 107 cm³/mol. The average Bonchev–Trinajstić information content (AvgIpc) is 3.34. The Morgan fingerprint density at radius 1 is 1.29 bits per heavy atom. The zero-order chi connectivity index (χ0) is 19.5. The molecular weight excluding hydrogens is 408 g/mol. The number of rotatable bonds is 6. The van der Waals surface area contributed by atoms with Crippen LogP contribution in [0.4, 0.5) is 19.6 Å². The number of alkyl halides is 2. The maximum Gasteiger partial charge on any atom is 0.291 e. The highest BCUT2D eigenvalue weighted by Gasteiger charge is 2.17. The monoisotopic (exact) mass is 425 g/mol. The van der Waals surface area contributed by atoms with Crippen molar-refractivity contribution < 1.29 is 22.7 Å². The molecule has 28 heavy (non-hydrogen) atoms. The minimum absolute atomic E-state index is 0.0160. The van der Waals surface area contributed by atoms with Crippen LogP contribution in [0.5, 0.6) is 0 Å². The number of aromatic nitrogens is 1. The van der Waals surface area contributed by atoms with Gasteiger partial charge in [-0.25, -0.2) is 4.98 Å². The second kappa shape index (κ2) is 8.46. The third-order valence-corrected chi connectivity index (χ3v) is 5.94. The number of carbonyl (C=O) groups is 1. The van der Waals surface area contributed by atoms with Crippen molar-refractivity contribution in [3.63, 3.8) is 0 Å². The molecule has 1 saturated heterocycles. The molecule has 0 bridgehead atoms. The number of nitrogens with zero attached hydrogens (tertiary/aromatic N) is 2. The largest absolute Gasteiger partial charge is 0.455 e. The molecule has 1 amide bonds. The normalized spacial score (nSPS) is 14.8. The number of amides is 1. The van der Waals surface area contributed by atoms with Crippen LogP contribution < -0.4 is 10.2 Å². The molecule has 3 heterocycles. The highest BCUT2D eigenvalue weighted by atomic mass is 32.2. The highest BCUT2D eigenvalue weighted by Crippen LogP contribution is 2.31. The summed E-state index contributed by atoms with van der Waals surface area (Å²) in [6, 6.07) is 8.52. The van der Waals surface area contributed by atoms with Crippen molar-refractivity contribution in [1.82, 2.24) is 4.98 Å². The Morgan fingerprint density at radius 2 is 2.11 bits per heavy atom. The standard InChI is InChI=1S/C18H17F2N3O3S2/c19-17(20)27-10-12-2-4-14(26-12)16(24)21-11-1-3-13-15(9-11)28-18(22-13)23-5-7-25-8-6-23/h1-4,9,17H,5-8,10H2,(H,21,24). The van der Waals surface area contributed by atoms with Crippen LogP contribution in [0.15, 0.2) is 34.7 Å². The van der Waals surface area contributed by atoms with Crippen LogP contribution in [-0.2, 0) is 10.5 Å². The van der Waals surface area contributed by atoms with Crippen LogP contribution in [0.1, 0.15) is 16.3 Å². The van der Waals surface area contributed by atoms with E-state index in [9.17, 15) is 13.6 Å². The number of ether oxygens (including phenoxy) is 1. The van der Waals surface area contributed by atoms with Gasteiger partial charge in [-0.1, -0.05) is 23.1 Å². The van der Waals surface area contributed by atoms with Gasteiger partial charge in [0, 0.05) is 18.8 Å². The highest BCUT2D eigenvalue weighted by molar-refractivity contribution is 7.98. The minimum atomic E-state index is -2.48. The summed E-state index contributed by atoms with van der Waals surface area (Å²) in [5.41, 5.74) is 1.49. The lowest BCUT2D eigenvalue weighted by atomic mass is 10.3. The van der Waals surface area contributed by atoms with Crippen molar-refractivity contribution >= 4 is 50.0 Å². The smallest absolute Gasteiger partial charge is 0.291 e. The number of hydrogen-bond donors (Lipinski definition) is 1. The molecular formula is C18H17F2N3O3S2. The summed E-state index contributed by atoms with van der Waals surface area (Å²) in [5.74, 6) is -2.46. The van der Waals surface area contributed by atoms with Gasteiger partial charge in [0.15, 0.2) is 10.9 Å². The van der Waals surface area contributed by atoms with E-state index in [0.717, 1.165) is 28.4 Å². The summed E-state index contributed by atoms with van der Waals surface area (Å²) in [6.07, 6.45) is 0. The Labute approximate surface area is 167 Å². The first kappa shape index (κ1) is 19.2. The molecule has 1 N–H and O–H groups in total. The van der Waals surface area contributed by atoms with Crippen molar-refractivity contribution in [3.8, 4) is 0 Å². The van der Waals surface area contributed by atoms with Crippen LogP contribution in [0.2, 0.25) is 0 Å². The van der Waals surface area contributed by atoms with Crippen molar-refractivity contribution in [3.05, 3.63) is 41.9 Å². The molecule has 1 aliphatic rings. The topological polar surface area (TPSA) is 67.6 Å². The Balaban J connectivity index is 1.44. The lowest BCUT2D eigenvalue weighted by molar-refractivity contribution is 0.0995. The number of anilines is 2. The van der Waals surface area contributed by atoms with E-state index >= 15 is 0 Å². The van der Waals surface area contributed by atoms with Crippen LogP contribution in [-0.4, -0.2) is 43.0 Å². The summed E-state index contributed by atoms with van der Waals surface area (Å²) in [4.78, 5) is 19.2. The van der Waals surface area contributed by atoms with Crippen LogP contribution in [0, 0.1) is 0 Å². The molecule has 10 heteroatoms. The van der Waals surface area contributed by atoms with E-state index in [-0.39, 0.29) is 11.5 Å². The van der Waals surface area contributed by atoms with Gasteiger partial charge in [-0.2, -0.15) is 8.78 Å². The molecule has 0 radical (unpaired) electrons. The quantitative estimate of drug-likeness (QED) is 0.630. The molecule has 0 atom stereocenters. The number of furan rings is 1. The maximum atomic E-state index is 12.4. The van der Waals surface area contributed by atoms with Gasteiger partial charge < -0.3 is 19.4 Å². The van der Waals surface area contributed by atoms with Crippen molar-refractivity contribution in [2.75, 3.05) is 36.5 Å². The molecule has 1 aliphatic heterocycles. The molecule has 0 unspecified atom stereocenters. The van der Waals surface area contributed by atoms with Gasteiger partial charge in [-0.3, -0.25) is 4.79 Å². The molecule has 6 nitrogen and oxygen atoms in total. The average molecular weight is 425 g/mol. The van der Waals surface area contributed by atoms with Gasteiger partial charge in [0.05, 0.1) is 29.2 Å². The fourth-order valence-corrected chi connectivity index (χ4v) is 4.30. The Hall–Kier alpha value is -2.17. The molecule has 1 fully saturated rings. The van der Waals surface area contributed by atoms with E-state index in [0.29, 0.717) is 36.4 Å². The molecule has 2 aromatic heterocycles. The number of benzene rings is 1. The third kappa shape index (κ3) is 4.45. The molecule has 3 aromatic rings. The summed E-state index contributed by atoms with van der Waals surface area (Å²) in [7, 11) is 0. The number of fused-ring (bicyclic) bond motifs is 1. The predicted octanol–water partition coefficient (Wildman–Crippen LogP) is 4.43. The first-order valence-electron chi connectivity index (χ1n) is 8.61. The lowest BCUT2D eigenvalue weighted by Crippen LogP contribution is -2.36. The molecule has 0 spiro atoms. The summed E-state index contributed by atoms with van der Waals surface area (Å²) in [5, 5.41) is 3.71. The fraction of sp³-hybridized carbons (Fsp3) is 0.333. The Bertz CT molecular complexity index is 970. The van der Waals surface area contributed by atoms with Gasteiger partial charge in [0.1, 0.15) is 5.76 Å².